The van der Waals surface area contributed by atoms with Crippen molar-refractivity contribution in [3.05, 3.63) is 51.0 Å². The fraction of sp³-hybridized carbons (Fsp3) is 0.167. The second kappa shape index (κ2) is 5.26. The van der Waals surface area contributed by atoms with Crippen molar-refractivity contribution in [3.63, 3.8) is 0 Å². The summed E-state index contributed by atoms with van der Waals surface area (Å²) in [5.41, 5.74) is 0.783. The first-order valence-corrected chi connectivity index (χ1v) is 8.24. The monoisotopic (exact) mass is 342 g/mol. The number of benzene rings is 1. The lowest BCUT2D eigenvalue weighted by atomic mass is 10.1. The van der Waals surface area contributed by atoms with Crippen molar-refractivity contribution >= 4 is 25.8 Å². The van der Waals surface area contributed by atoms with Gasteiger partial charge in [0.25, 0.3) is 5.56 Å². The molecular formula is C12H11BrN2O3S. The van der Waals surface area contributed by atoms with Gasteiger partial charge in [-0.05, 0) is 15.9 Å². The lowest BCUT2D eigenvalue weighted by molar-refractivity contribution is 0.599. The van der Waals surface area contributed by atoms with Gasteiger partial charge in [-0.15, -0.1) is 0 Å². The Kier molecular flexibility index (Phi) is 3.86. The average molecular weight is 343 g/mol. The molecule has 19 heavy (non-hydrogen) atoms. The molecule has 0 fully saturated rings. The van der Waals surface area contributed by atoms with E-state index in [0.29, 0.717) is 5.69 Å². The zero-order valence-corrected chi connectivity index (χ0v) is 12.5. The van der Waals surface area contributed by atoms with Crippen LogP contribution in [0.5, 0.6) is 0 Å². The summed E-state index contributed by atoms with van der Waals surface area (Å²) >= 11 is 3.18. The molecule has 0 aliphatic carbocycles. The molecule has 100 valence electrons. The number of nitrogens with zero attached hydrogens (tertiary/aromatic N) is 1. The molecule has 5 nitrogen and oxygen atoms in total. The summed E-state index contributed by atoms with van der Waals surface area (Å²) in [7, 11) is -3.25. The molecule has 2 aromatic rings. The molecule has 0 atom stereocenters. The predicted molar refractivity (Wildman–Crippen MR) is 76.5 cm³/mol. The lowest BCUT2D eigenvalue weighted by Crippen LogP contribution is -2.16. The van der Waals surface area contributed by atoms with Crippen molar-refractivity contribution in [1.82, 2.24) is 9.97 Å². The summed E-state index contributed by atoms with van der Waals surface area (Å²) < 4.78 is 22.8. The maximum Gasteiger partial charge on any atom is 0.265 e. The first-order chi connectivity index (χ1) is 8.87. The Labute approximate surface area is 118 Å². The Hall–Kier alpha value is -1.47. The lowest BCUT2D eigenvalue weighted by Gasteiger charge is -2.06. The molecule has 0 radical (unpaired) electrons. The highest BCUT2D eigenvalue weighted by Gasteiger charge is 2.13. The normalized spacial score (nSPS) is 11.5. The second-order valence-electron chi connectivity index (χ2n) is 4.11. The molecule has 0 spiro atoms. The van der Waals surface area contributed by atoms with Crippen molar-refractivity contribution in [2.24, 2.45) is 0 Å². The van der Waals surface area contributed by atoms with E-state index in [2.05, 4.69) is 25.9 Å². The molecule has 0 aliphatic heterocycles. The maximum atomic E-state index is 11.8. The van der Waals surface area contributed by atoms with Crippen LogP contribution in [-0.2, 0) is 15.6 Å². The molecule has 1 aromatic carbocycles. The summed E-state index contributed by atoms with van der Waals surface area (Å²) in [5, 5.41) is 0. The molecule has 0 saturated heterocycles. The Balaban J connectivity index is 2.59. The smallest absolute Gasteiger partial charge is 0.265 e. The highest BCUT2D eigenvalue weighted by Crippen LogP contribution is 2.22. The van der Waals surface area contributed by atoms with Crippen LogP contribution in [0.3, 0.4) is 0 Å². The van der Waals surface area contributed by atoms with Crippen LogP contribution < -0.4 is 5.56 Å². The summed E-state index contributed by atoms with van der Waals surface area (Å²) in [5.74, 6) is -0.162. The van der Waals surface area contributed by atoms with E-state index in [1.165, 1.54) is 0 Å². The molecule has 1 N–H and O–H groups in total. The topological polar surface area (TPSA) is 79.9 Å². The molecular weight excluding hydrogens is 332 g/mol. The van der Waals surface area contributed by atoms with Gasteiger partial charge in [0, 0.05) is 11.8 Å². The Bertz CT molecular complexity index is 754. The SMILES string of the molecule is CS(=O)(=O)Cc1nc(-c2ccccc2)c(Br)c(=O)[nH]1. The van der Waals surface area contributed by atoms with Gasteiger partial charge in [-0.3, -0.25) is 4.79 Å². The van der Waals surface area contributed by atoms with E-state index in [1.54, 1.807) is 12.1 Å². The predicted octanol–water partition coefficient (Wildman–Crippen LogP) is 1.74. The molecule has 0 amide bonds. The Morgan fingerprint density at radius 2 is 1.89 bits per heavy atom. The van der Waals surface area contributed by atoms with Gasteiger partial charge in [0.2, 0.25) is 0 Å². The number of nitrogens with one attached hydrogen (secondary N) is 1. The molecule has 1 aromatic heterocycles. The zero-order chi connectivity index (χ0) is 14.0. The van der Waals surface area contributed by atoms with E-state index >= 15 is 0 Å². The fourth-order valence-corrected chi connectivity index (χ4v) is 2.66. The minimum Gasteiger partial charge on any atom is -0.309 e. The van der Waals surface area contributed by atoms with Gasteiger partial charge in [-0.2, -0.15) is 0 Å². The summed E-state index contributed by atoms with van der Waals surface area (Å²) in [4.78, 5) is 18.4. The van der Waals surface area contributed by atoms with Gasteiger partial charge in [0.1, 0.15) is 16.0 Å². The highest BCUT2D eigenvalue weighted by molar-refractivity contribution is 9.10. The zero-order valence-electron chi connectivity index (χ0n) is 10.1. The van der Waals surface area contributed by atoms with Gasteiger partial charge in [-0.25, -0.2) is 13.4 Å². The van der Waals surface area contributed by atoms with Crippen molar-refractivity contribution in [1.29, 1.82) is 0 Å². The number of hydrogen-bond donors (Lipinski definition) is 1. The van der Waals surface area contributed by atoms with Crippen molar-refractivity contribution in [2.75, 3.05) is 6.26 Å². The first-order valence-electron chi connectivity index (χ1n) is 5.38. The van der Waals surface area contributed by atoms with E-state index in [4.69, 9.17) is 0 Å². The van der Waals surface area contributed by atoms with Crippen LogP contribution in [-0.4, -0.2) is 24.6 Å². The minimum absolute atomic E-state index is 0.134. The van der Waals surface area contributed by atoms with Crippen LogP contribution in [0, 0.1) is 0 Å². The first kappa shape index (κ1) is 14.0. The number of sulfone groups is 1. The summed E-state index contributed by atoms with van der Waals surface area (Å²) in [6.07, 6.45) is 1.09. The maximum absolute atomic E-state index is 11.8. The molecule has 1 heterocycles. The number of aromatic nitrogens is 2. The van der Waals surface area contributed by atoms with Gasteiger partial charge >= 0.3 is 0 Å². The van der Waals surface area contributed by atoms with Gasteiger partial charge in [0.15, 0.2) is 9.84 Å². The Morgan fingerprint density at radius 3 is 2.47 bits per heavy atom. The fourth-order valence-electron chi connectivity index (χ4n) is 1.61. The third kappa shape index (κ3) is 3.51. The summed E-state index contributed by atoms with van der Waals surface area (Å²) in [6.45, 7) is 0. The third-order valence-corrected chi connectivity index (χ3v) is 3.89. The number of halogens is 1. The average Bonchev–Trinajstić information content (AvgIpc) is 2.33. The third-order valence-electron chi connectivity index (χ3n) is 2.36. The van der Waals surface area contributed by atoms with Gasteiger partial charge in [-0.1, -0.05) is 30.3 Å². The molecule has 2 rings (SSSR count). The van der Waals surface area contributed by atoms with Crippen LogP contribution in [0.4, 0.5) is 0 Å². The highest BCUT2D eigenvalue weighted by atomic mass is 79.9. The van der Waals surface area contributed by atoms with Crippen LogP contribution in [0.2, 0.25) is 0 Å². The molecule has 0 unspecified atom stereocenters. The van der Waals surface area contributed by atoms with Crippen LogP contribution in [0.25, 0.3) is 11.3 Å². The molecule has 0 aliphatic rings. The van der Waals surface area contributed by atoms with Crippen LogP contribution >= 0.6 is 15.9 Å². The second-order valence-corrected chi connectivity index (χ2v) is 7.04. The Morgan fingerprint density at radius 1 is 1.26 bits per heavy atom. The van der Waals surface area contributed by atoms with Crippen molar-refractivity contribution in [2.45, 2.75) is 5.75 Å². The van der Waals surface area contributed by atoms with Crippen LogP contribution in [0.1, 0.15) is 5.82 Å². The molecule has 7 heteroatoms. The van der Waals surface area contributed by atoms with Gasteiger partial charge in [0.05, 0.1) is 5.69 Å². The quantitative estimate of drug-likeness (QED) is 0.921. The molecule has 0 bridgehead atoms. The standard InChI is InChI=1S/C12H11BrN2O3S/c1-19(17,18)7-9-14-11(10(13)12(16)15-9)8-5-3-2-4-6-8/h2-6H,7H2,1H3,(H,14,15,16). The largest absolute Gasteiger partial charge is 0.309 e. The van der Waals surface area contributed by atoms with Crippen molar-refractivity contribution < 1.29 is 8.42 Å². The van der Waals surface area contributed by atoms with E-state index in [9.17, 15) is 13.2 Å². The number of hydrogen-bond acceptors (Lipinski definition) is 4. The molecule has 0 saturated carbocycles. The minimum atomic E-state index is -3.25. The van der Waals surface area contributed by atoms with E-state index < -0.39 is 15.4 Å². The van der Waals surface area contributed by atoms with E-state index in [-0.39, 0.29) is 16.0 Å². The van der Waals surface area contributed by atoms with Crippen molar-refractivity contribution in [3.8, 4) is 11.3 Å². The van der Waals surface area contributed by atoms with Crippen LogP contribution in [0.15, 0.2) is 39.6 Å². The number of rotatable bonds is 3. The number of H-pyrrole nitrogens is 1. The number of aromatic amines is 1. The van der Waals surface area contributed by atoms with Gasteiger partial charge < -0.3 is 4.98 Å². The van der Waals surface area contributed by atoms with E-state index in [0.717, 1.165) is 11.8 Å². The van der Waals surface area contributed by atoms with E-state index in [1.807, 2.05) is 18.2 Å². The summed E-state index contributed by atoms with van der Waals surface area (Å²) in [6, 6.07) is 9.09.